The van der Waals surface area contributed by atoms with Gasteiger partial charge in [-0.2, -0.15) is 0 Å². The highest BCUT2D eigenvalue weighted by molar-refractivity contribution is 6.45. The maximum Gasteiger partial charge on any atom is 0.256 e. The van der Waals surface area contributed by atoms with Crippen molar-refractivity contribution in [2.45, 2.75) is 19.3 Å². The van der Waals surface area contributed by atoms with Crippen molar-refractivity contribution in [3.8, 4) is 0 Å². The number of furan rings is 1. The van der Waals surface area contributed by atoms with Crippen LogP contribution in [0.25, 0.3) is 0 Å². The van der Waals surface area contributed by atoms with E-state index in [9.17, 15) is 9.90 Å². The molecule has 0 aliphatic carbocycles. The fourth-order valence-electron chi connectivity index (χ4n) is 2.59. The molecule has 0 bridgehead atoms. The molecule has 0 saturated carbocycles. The van der Waals surface area contributed by atoms with Crippen molar-refractivity contribution in [2.75, 3.05) is 13.2 Å². The molecule has 8 heteroatoms. The van der Waals surface area contributed by atoms with Gasteiger partial charge in [0.1, 0.15) is 12.4 Å². The quantitative estimate of drug-likeness (QED) is 0.763. The number of carbonyl (C=O) groups excluding carboxylic acids is 1. The number of halogens is 3. The molecule has 0 radical (unpaired) electrons. The van der Waals surface area contributed by atoms with Crippen LogP contribution in [0, 0.1) is 0 Å². The van der Waals surface area contributed by atoms with Crippen molar-refractivity contribution in [3.05, 3.63) is 56.4 Å². The summed E-state index contributed by atoms with van der Waals surface area (Å²) < 4.78 is 10.5. The van der Waals surface area contributed by atoms with Crippen LogP contribution >= 0.6 is 34.8 Å². The largest absolute Gasteiger partial charge is 0.467 e. The molecule has 0 spiro atoms. The average Bonchev–Trinajstić information content (AvgIpc) is 3.14. The molecule has 24 heavy (non-hydrogen) atoms. The van der Waals surface area contributed by atoms with Gasteiger partial charge in [-0.05, 0) is 18.2 Å². The summed E-state index contributed by atoms with van der Waals surface area (Å²) >= 11 is 18.2. The maximum absolute atomic E-state index is 12.4. The topological polar surface area (TPSA) is 62.9 Å². The number of aliphatic hydroxyl groups excluding tert-OH is 1. The van der Waals surface area contributed by atoms with Crippen LogP contribution in [0.3, 0.4) is 0 Å². The zero-order valence-electron chi connectivity index (χ0n) is 12.5. The van der Waals surface area contributed by atoms with Crippen molar-refractivity contribution in [1.29, 1.82) is 0 Å². The third kappa shape index (κ3) is 3.55. The van der Waals surface area contributed by atoms with Crippen LogP contribution in [-0.2, 0) is 17.9 Å². The molecule has 1 aromatic carbocycles. The zero-order valence-corrected chi connectivity index (χ0v) is 14.7. The second-order valence-electron chi connectivity index (χ2n) is 5.44. The number of ether oxygens (including phenoxy) is 1. The molecule has 1 amide bonds. The molecule has 128 valence electrons. The molecule has 5 nitrogen and oxygen atoms in total. The Morgan fingerprint density at radius 2 is 2.12 bits per heavy atom. The first-order chi connectivity index (χ1) is 11.5. The summed E-state index contributed by atoms with van der Waals surface area (Å²) in [5, 5.41) is 11.0. The first-order valence-corrected chi connectivity index (χ1v) is 8.34. The van der Waals surface area contributed by atoms with Gasteiger partial charge in [0, 0.05) is 18.7 Å². The minimum absolute atomic E-state index is 0.0725. The third-order valence-corrected chi connectivity index (χ3v) is 4.81. The summed E-state index contributed by atoms with van der Waals surface area (Å²) in [4.78, 5) is 13.9. The Bertz CT molecular complexity index is 748. The van der Waals surface area contributed by atoms with Crippen LogP contribution < -0.4 is 0 Å². The van der Waals surface area contributed by atoms with Crippen LogP contribution in [0.2, 0.25) is 15.1 Å². The van der Waals surface area contributed by atoms with E-state index in [-0.39, 0.29) is 37.2 Å². The maximum atomic E-state index is 12.4. The Balaban J connectivity index is 1.59. The van der Waals surface area contributed by atoms with Crippen molar-refractivity contribution in [1.82, 2.24) is 4.90 Å². The van der Waals surface area contributed by atoms with Gasteiger partial charge in [0.05, 0.1) is 39.6 Å². The van der Waals surface area contributed by atoms with E-state index < -0.39 is 6.10 Å². The number of hydrogen-bond donors (Lipinski definition) is 1. The Labute approximate surface area is 153 Å². The molecule has 2 heterocycles. The first-order valence-electron chi connectivity index (χ1n) is 7.21. The predicted molar refractivity (Wildman–Crippen MR) is 90.6 cm³/mol. The summed E-state index contributed by atoms with van der Waals surface area (Å²) in [6.45, 7) is 0.688. The lowest BCUT2D eigenvalue weighted by Crippen LogP contribution is -2.35. The predicted octanol–water partition coefficient (Wildman–Crippen LogP) is 3.77. The molecule has 1 atom stereocenters. The number of amides is 1. The Morgan fingerprint density at radius 3 is 2.83 bits per heavy atom. The standard InChI is InChI=1S/C16H14Cl3NO4/c17-12-4-13(18)15(19)11-6-20(16(22)14(11)12)5-9(21)7-23-8-10-2-1-3-24-10/h1-4,9,21H,5-8H2. The van der Waals surface area contributed by atoms with Crippen molar-refractivity contribution < 1.29 is 19.1 Å². The van der Waals surface area contributed by atoms with Crippen molar-refractivity contribution >= 4 is 40.7 Å². The van der Waals surface area contributed by atoms with Gasteiger partial charge in [0.15, 0.2) is 0 Å². The van der Waals surface area contributed by atoms with Gasteiger partial charge in [-0.3, -0.25) is 4.79 Å². The van der Waals surface area contributed by atoms with Gasteiger partial charge in [0.2, 0.25) is 0 Å². The molecule has 0 fully saturated rings. The molecule has 0 saturated heterocycles. The Morgan fingerprint density at radius 1 is 1.33 bits per heavy atom. The summed E-state index contributed by atoms with van der Waals surface area (Å²) in [7, 11) is 0. The van der Waals surface area contributed by atoms with Crippen LogP contribution in [0.5, 0.6) is 0 Å². The highest BCUT2D eigenvalue weighted by atomic mass is 35.5. The molecular weight excluding hydrogens is 377 g/mol. The molecule has 3 rings (SSSR count). The highest BCUT2D eigenvalue weighted by Gasteiger charge is 2.33. The number of carbonyl (C=O) groups is 1. The lowest BCUT2D eigenvalue weighted by atomic mass is 10.1. The molecule has 1 aliphatic heterocycles. The molecule has 2 aromatic rings. The number of benzene rings is 1. The van der Waals surface area contributed by atoms with E-state index in [0.717, 1.165) is 0 Å². The molecule has 1 aliphatic rings. The summed E-state index contributed by atoms with van der Waals surface area (Å²) in [6, 6.07) is 4.99. The van der Waals surface area contributed by atoms with Crippen molar-refractivity contribution in [3.63, 3.8) is 0 Å². The van der Waals surface area contributed by atoms with E-state index in [0.29, 0.717) is 26.9 Å². The number of fused-ring (bicyclic) bond motifs is 1. The van der Waals surface area contributed by atoms with Crippen molar-refractivity contribution in [2.24, 2.45) is 0 Å². The SMILES string of the molecule is O=C1c2c(Cl)cc(Cl)c(Cl)c2CN1CC(O)COCc1ccco1. The second-order valence-corrected chi connectivity index (χ2v) is 6.63. The molecule has 1 unspecified atom stereocenters. The van der Waals surface area contributed by atoms with E-state index in [4.69, 9.17) is 44.0 Å². The van der Waals surface area contributed by atoms with E-state index in [2.05, 4.69) is 0 Å². The number of nitrogens with zero attached hydrogens (tertiary/aromatic N) is 1. The summed E-state index contributed by atoms with van der Waals surface area (Å²) in [6.07, 6.45) is 0.708. The fourth-order valence-corrected chi connectivity index (χ4v) is 3.38. The number of aliphatic hydroxyl groups is 1. The van der Waals surface area contributed by atoms with Gasteiger partial charge in [-0.15, -0.1) is 0 Å². The smallest absolute Gasteiger partial charge is 0.256 e. The van der Waals surface area contributed by atoms with Gasteiger partial charge in [-0.25, -0.2) is 0 Å². The summed E-state index contributed by atoms with van der Waals surface area (Å²) in [5.74, 6) is 0.388. The zero-order chi connectivity index (χ0) is 17.3. The van der Waals surface area contributed by atoms with Crippen LogP contribution in [-0.4, -0.2) is 35.2 Å². The first kappa shape index (κ1) is 17.6. The number of β-amino-alcohol motifs (C(OH)–C–C–N with tert-alkyl or cyclic N) is 1. The monoisotopic (exact) mass is 389 g/mol. The second kappa shape index (κ2) is 7.33. The Hall–Kier alpha value is -1.24. The lowest BCUT2D eigenvalue weighted by molar-refractivity contribution is 0.00619. The summed E-state index contributed by atoms with van der Waals surface area (Å²) in [5.41, 5.74) is 0.928. The van der Waals surface area contributed by atoms with Crippen LogP contribution in [0.1, 0.15) is 21.7 Å². The average molecular weight is 391 g/mol. The molecular formula is C16H14Cl3NO4. The minimum Gasteiger partial charge on any atom is -0.467 e. The Kier molecular flexibility index (Phi) is 5.37. The van der Waals surface area contributed by atoms with Crippen LogP contribution in [0.4, 0.5) is 0 Å². The van der Waals surface area contributed by atoms with Crippen LogP contribution in [0.15, 0.2) is 28.9 Å². The molecule has 1 aromatic heterocycles. The number of hydrogen-bond acceptors (Lipinski definition) is 4. The van der Waals surface area contributed by atoms with E-state index in [1.165, 1.54) is 11.0 Å². The highest BCUT2D eigenvalue weighted by Crippen LogP contribution is 2.39. The minimum atomic E-state index is -0.841. The molecule has 1 N–H and O–H groups in total. The van der Waals surface area contributed by atoms with Gasteiger partial charge < -0.3 is 19.2 Å². The van der Waals surface area contributed by atoms with Gasteiger partial charge in [-0.1, -0.05) is 34.8 Å². The van der Waals surface area contributed by atoms with Gasteiger partial charge >= 0.3 is 0 Å². The number of rotatable bonds is 6. The lowest BCUT2D eigenvalue weighted by Gasteiger charge is -2.19. The van der Waals surface area contributed by atoms with E-state index >= 15 is 0 Å². The van der Waals surface area contributed by atoms with Gasteiger partial charge in [0.25, 0.3) is 5.91 Å². The normalized spacial score (nSPS) is 15.0. The fraction of sp³-hybridized carbons (Fsp3) is 0.312. The van der Waals surface area contributed by atoms with E-state index in [1.54, 1.807) is 18.4 Å². The third-order valence-electron chi connectivity index (χ3n) is 3.68. The van der Waals surface area contributed by atoms with E-state index in [1.807, 2.05) is 0 Å².